The molecule has 3 fully saturated rings. The van der Waals surface area contributed by atoms with Crippen molar-refractivity contribution in [2.24, 2.45) is 0 Å². The van der Waals surface area contributed by atoms with Gasteiger partial charge in [-0.05, 0) is 20.8 Å². The smallest absolute Gasteiger partial charge is 0.469 e. The van der Waals surface area contributed by atoms with E-state index < -0.39 is 117 Å². The number of aliphatic hydroxyl groups excluding tert-OH is 4. The molecule has 40 heavy (non-hydrogen) atoms. The fraction of sp³-hybridized carbons (Fsp3) is 1.00. The van der Waals surface area contributed by atoms with Gasteiger partial charge in [0, 0.05) is 0 Å². The molecule has 3 saturated heterocycles. The van der Waals surface area contributed by atoms with Gasteiger partial charge in [-0.3, -0.25) is 13.7 Å². The lowest BCUT2D eigenvalue weighted by Crippen LogP contribution is -2.38. The van der Waals surface area contributed by atoms with Gasteiger partial charge in [-0.25, -0.2) is 4.57 Å². The zero-order valence-corrected chi connectivity index (χ0v) is 24.1. The van der Waals surface area contributed by atoms with Gasteiger partial charge in [0.2, 0.25) is 0 Å². The average Bonchev–Trinajstić information content (AvgIpc) is 3.36. The van der Waals surface area contributed by atoms with Crippen LogP contribution >= 0.6 is 23.5 Å². The SMILES string of the molecule is CC1OC(COP(=O)([O-])OC2C(C)OC(COP(=O)([O-])OC3C(C)OC(COP(=O)(O)O)C3O)C2O)C(O)C1O. The van der Waals surface area contributed by atoms with Crippen LogP contribution in [0.3, 0.4) is 0 Å². The van der Waals surface area contributed by atoms with Gasteiger partial charge in [0.15, 0.2) is 0 Å². The molecule has 0 aromatic carbocycles. The highest BCUT2D eigenvalue weighted by molar-refractivity contribution is 7.46. The first-order valence-corrected chi connectivity index (χ1v) is 16.4. The summed E-state index contributed by atoms with van der Waals surface area (Å²) in [6.07, 6.45) is -15.9. The first-order chi connectivity index (χ1) is 18.3. The predicted octanol–water partition coefficient (Wildman–Crippen LogP) is -3.36. The van der Waals surface area contributed by atoms with Gasteiger partial charge in [-0.1, -0.05) is 0 Å². The van der Waals surface area contributed by atoms with E-state index >= 15 is 0 Å². The molecule has 6 N–H and O–H groups in total. The molecule has 22 heteroatoms. The molecule has 3 aliphatic heterocycles. The molecule has 14 unspecified atom stereocenters. The lowest BCUT2D eigenvalue weighted by molar-refractivity contribution is -0.237. The third-order valence-corrected chi connectivity index (χ3v) is 8.86. The normalized spacial score (nSPS) is 43.6. The second-order valence-corrected chi connectivity index (χ2v) is 13.5. The van der Waals surface area contributed by atoms with Gasteiger partial charge in [-0.15, -0.1) is 0 Å². The molecule has 0 aromatic rings. The van der Waals surface area contributed by atoms with E-state index in [2.05, 4.69) is 4.52 Å². The highest BCUT2D eigenvalue weighted by Crippen LogP contribution is 2.47. The van der Waals surface area contributed by atoms with Crippen LogP contribution < -0.4 is 9.79 Å². The van der Waals surface area contributed by atoms with Gasteiger partial charge in [0.05, 0.1) is 38.1 Å². The lowest BCUT2D eigenvalue weighted by Gasteiger charge is -2.31. The zero-order valence-electron chi connectivity index (χ0n) is 21.4. The van der Waals surface area contributed by atoms with Crippen LogP contribution in [0.1, 0.15) is 20.8 Å². The number of ether oxygens (including phenoxy) is 3. The minimum Gasteiger partial charge on any atom is -0.756 e. The molecule has 3 heterocycles. The number of aliphatic hydroxyl groups is 4. The Morgan fingerprint density at radius 2 is 0.950 bits per heavy atom. The van der Waals surface area contributed by atoms with Crippen LogP contribution in [-0.2, 0) is 50.5 Å². The minimum absolute atomic E-state index is 0.688. The maximum Gasteiger partial charge on any atom is 0.469 e. The summed E-state index contributed by atoms with van der Waals surface area (Å²) in [5.74, 6) is 0. The minimum atomic E-state index is -5.21. The first-order valence-electron chi connectivity index (χ1n) is 12.0. The monoisotopic (exact) mass is 646 g/mol. The van der Waals surface area contributed by atoms with E-state index in [1.165, 1.54) is 20.8 Å². The quantitative estimate of drug-likeness (QED) is 0.106. The maximum atomic E-state index is 12.4. The summed E-state index contributed by atoms with van der Waals surface area (Å²) in [7, 11) is -15.2. The lowest BCUT2D eigenvalue weighted by atomic mass is 10.1. The summed E-state index contributed by atoms with van der Waals surface area (Å²) < 4.78 is 74.7. The van der Waals surface area contributed by atoms with Crippen molar-refractivity contribution in [3.63, 3.8) is 0 Å². The largest absolute Gasteiger partial charge is 0.756 e. The summed E-state index contributed by atoms with van der Waals surface area (Å²) >= 11 is 0. The second kappa shape index (κ2) is 13.4. The van der Waals surface area contributed by atoms with E-state index in [-0.39, 0.29) is 0 Å². The topological polar surface area (TPSA) is 293 Å². The van der Waals surface area contributed by atoms with Crippen LogP contribution in [0.15, 0.2) is 0 Å². The standard InChI is InChI=1S/C18H35O19P3/c1-7-13(19)14(20)10(33-7)5-31-39(26,27)37-18-9(3)35-12(16(18)22)6-32-40(28,29)36-17-8(2)34-11(15(17)21)4-30-38(23,24)25/h7-22H,4-6H2,1-3H3,(H,26,27)(H,28,29)(H2,23,24,25)/p-2. The molecule has 0 bridgehead atoms. The molecule has 3 aliphatic rings. The highest BCUT2D eigenvalue weighted by Gasteiger charge is 2.47. The van der Waals surface area contributed by atoms with Crippen molar-refractivity contribution >= 4 is 23.5 Å². The van der Waals surface area contributed by atoms with Crippen molar-refractivity contribution < 1.29 is 90.5 Å². The molecule has 0 saturated carbocycles. The molecule has 19 nitrogen and oxygen atoms in total. The second-order valence-electron chi connectivity index (χ2n) is 9.51. The Labute approximate surface area is 228 Å². The number of hydrogen-bond donors (Lipinski definition) is 6. The van der Waals surface area contributed by atoms with Gasteiger partial charge in [0.1, 0.15) is 54.9 Å². The maximum absolute atomic E-state index is 12.4. The van der Waals surface area contributed by atoms with Gasteiger partial charge in [-0.2, -0.15) is 0 Å². The Balaban J connectivity index is 1.49. The molecule has 0 amide bonds. The number of phosphoric ester groups is 3. The average molecular weight is 646 g/mol. The Morgan fingerprint density at radius 1 is 0.600 bits per heavy atom. The number of phosphoric acid groups is 3. The van der Waals surface area contributed by atoms with Gasteiger partial charge < -0.3 is 72.3 Å². The predicted molar refractivity (Wildman–Crippen MR) is 122 cm³/mol. The number of rotatable bonds is 13. The van der Waals surface area contributed by atoms with Crippen molar-refractivity contribution in [3.05, 3.63) is 0 Å². The summed E-state index contributed by atoms with van der Waals surface area (Å²) in [5.41, 5.74) is 0. The van der Waals surface area contributed by atoms with E-state index in [0.717, 1.165) is 0 Å². The molecular formula is C18H33O19P3-2. The number of hydrogen-bond acceptors (Lipinski definition) is 17. The Hall–Kier alpha value is 0.0500. The van der Waals surface area contributed by atoms with E-state index in [1.807, 2.05) is 0 Å². The third kappa shape index (κ3) is 9.03. The van der Waals surface area contributed by atoms with E-state index in [4.69, 9.17) is 42.1 Å². The fourth-order valence-corrected chi connectivity index (χ4v) is 6.66. The van der Waals surface area contributed by atoms with Crippen molar-refractivity contribution in [1.29, 1.82) is 0 Å². The van der Waals surface area contributed by atoms with Gasteiger partial charge >= 0.3 is 7.82 Å². The van der Waals surface area contributed by atoms with Crippen molar-refractivity contribution in [2.75, 3.05) is 19.8 Å². The highest BCUT2D eigenvalue weighted by atomic mass is 31.2. The van der Waals surface area contributed by atoms with Crippen LogP contribution in [0, 0.1) is 0 Å². The van der Waals surface area contributed by atoms with Crippen LogP contribution in [0.4, 0.5) is 0 Å². The Morgan fingerprint density at radius 3 is 1.30 bits per heavy atom. The van der Waals surface area contributed by atoms with E-state index in [9.17, 15) is 43.9 Å². The zero-order chi connectivity index (χ0) is 30.2. The van der Waals surface area contributed by atoms with Crippen LogP contribution in [0.5, 0.6) is 0 Å². The first kappa shape index (κ1) is 34.5. The van der Waals surface area contributed by atoms with Crippen molar-refractivity contribution in [1.82, 2.24) is 0 Å². The molecule has 0 radical (unpaired) electrons. The molecule has 236 valence electrons. The molecule has 14 atom stereocenters. The van der Waals surface area contributed by atoms with Gasteiger partial charge in [0.25, 0.3) is 15.6 Å². The molecule has 0 aromatic heterocycles. The summed E-state index contributed by atoms with van der Waals surface area (Å²) in [6.45, 7) is 1.82. The summed E-state index contributed by atoms with van der Waals surface area (Å²) in [4.78, 5) is 42.2. The van der Waals surface area contributed by atoms with Crippen molar-refractivity contribution in [3.8, 4) is 0 Å². The molecule has 0 spiro atoms. The van der Waals surface area contributed by atoms with Crippen LogP contribution in [-0.4, -0.2) is 123 Å². The summed E-state index contributed by atoms with van der Waals surface area (Å²) in [5, 5.41) is 40.3. The molecule has 3 rings (SSSR count). The Bertz CT molecular complexity index is 993. The summed E-state index contributed by atoms with van der Waals surface area (Å²) in [6, 6.07) is 0. The van der Waals surface area contributed by atoms with E-state index in [0.29, 0.717) is 0 Å². The van der Waals surface area contributed by atoms with Crippen LogP contribution in [0.2, 0.25) is 0 Å². The Kier molecular flexibility index (Phi) is 11.5. The molecular weight excluding hydrogens is 613 g/mol. The van der Waals surface area contributed by atoms with Crippen LogP contribution in [0.25, 0.3) is 0 Å². The van der Waals surface area contributed by atoms with E-state index in [1.54, 1.807) is 0 Å². The van der Waals surface area contributed by atoms with Crippen molar-refractivity contribution in [2.45, 2.75) is 94.0 Å². The fourth-order valence-electron chi connectivity index (χ4n) is 4.35. The molecule has 0 aliphatic carbocycles. The third-order valence-electron chi connectivity index (χ3n) is 6.44.